The monoisotopic (exact) mass is 337 g/mol. The van der Waals surface area contributed by atoms with Crippen LogP contribution in [-0.2, 0) is 12.8 Å². The number of hydrogen-bond acceptors (Lipinski definition) is 4. The molecule has 0 atom stereocenters. The lowest BCUT2D eigenvalue weighted by Crippen LogP contribution is -2.14. The summed E-state index contributed by atoms with van der Waals surface area (Å²) in [7, 11) is 0. The number of nitrogens with one attached hydrogen (secondary N) is 2. The number of rotatable bonds is 3. The number of carbonyl (C=O) groups is 1. The number of carbonyl (C=O) groups excluding carboxylic acids is 1. The Kier molecular flexibility index (Phi) is 3.74. The standard InChI is InChI=1S/C18H15N3O2S/c22-16-7-6-14(9-19-16)17(23)21-18-20-15(10-24-18)13-5-4-11-2-1-3-12(11)8-13/h4-10H,1-3H2,(H,19,22)(H,20,21,23). The molecule has 1 aliphatic carbocycles. The van der Waals surface area contributed by atoms with Gasteiger partial charge in [0.25, 0.3) is 5.91 Å². The second-order valence-electron chi connectivity index (χ2n) is 5.77. The van der Waals surface area contributed by atoms with Crippen LogP contribution >= 0.6 is 11.3 Å². The van der Waals surface area contributed by atoms with Gasteiger partial charge in [0.2, 0.25) is 5.56 Å². The average molecular weight is 337 g/mol. The van der Waals surface area contributed by atoms with Gasteiger partial charge in [-0.15, -0.1) is 11.3 Å². The lowest BCUT2D eigenvalue weighted by atomic mass is 10.1. The molecule has 0 saturated carbocycles. The van der Waals surface area contributed by atoms with Crippen molar-refractivity contribution in [2.75, 3.05) is 5.32 Å². The molecule has 0 bridgehead atoms. The van der Waals surface area contributed by atoms with Crippen LogP contribution in [0.4, 0.5) is 5.13 Å². The van der Waals surface area contributed by atoms with Crippen molar-refractivity contribution < 1.29 is 4.79 Å². The molecule has 24 heavy (non-hydrogen) atoms. The van der Waals surface area contributed by atoms with Gasteiger partial charge in [-0.05, 0) is 42.5 Å². The van der Waals surface area contributed by atoms with Crippen molar-refractivity contribution in [3.05, 3.63) is 69.0 Å². The van der Waals surface area contributed by atoms with E-state index < -0.39 is 0 Å². The Labute approximate surface area is 142 Å². The Balaban J connectivity index is 1.53. The first-order valence-electron chi connectivity index (χ1n) is 7.77. The first-order chi connectivity index (χ1) is 11.7. The van der Waals surface area contributed by atoms with E-state index in [9.17, 15) is 9.59 Å². The highest BCUT2D eigenvalue weighted by atomic mass is 32.1. The van der Waals surface area contributed by atoms with Crippen LogP contribution in [0.1, 0.15) is 27.9 Å². The molecule has 0 saturated heterocycles. The zero-order valence-corrected chi connectivity index (χ0v) is 13.7. The Morgan fingerprint density at radius 2 is 2.04 bits per heavy atom. The minimum atomic E-state index is -0.291. The summed E-state index contributed by atoms with van der Waals surface area (Å²) in [6.07, 6.45) is 4.90. The molecule has 1 amide bonds. The first kappa shape index (κ1) is 14.8. The van der Waals surface area contributed by atoms with Crippen molar-refractivity contribution >= 4 is 22.4 Å². The smallest absolute Gasteiger partial charge is 0.258 e. The van der Waals surface area contributed by atoms with Crippen LogP contribution in [0.5, 0.6) is 0 Å². The molecule has 5 nitrogen and oxygen atoms in total. The number of pyridine rings is 1. The van der Waals surface area contributed by atoms with Gasteiger partial charge < -0.3 is 4.98 Å². The van der Waals surface area contributed by atoms with Crippen molar-refractivity contribution in [1.29, 1.82) is 0 Å². The second kappa shape index (κ2) is 6.05. The average Bonchev–Trinajstić information content (AvgIpc) is 3.23. The molecule has 4 rings (SSSR count). The highest BCUT2D eigenvalue weighted by molar-refractivity contribution is 7.14. The van der Waals surface area contributed by atoms with Crippen molar-refractivity contribution in [3.8, 4) is 11.3 Å². The molecule has 0 unspecified atom stereocenters. The number of aromatic amines is 1. The third-order valence-corrected chi connectivity index (χ3v) is 4.92. The molecule has 1 aromatic carbocycles. The zero-order valence-electron chi connectivity index (χ0n) is 12.8. The van der Waals surface area contributed by atoms with Gasteiger partial charge in [0.05, 0.1) is 11.3 Å². The Morgan fingerprint density at radius 3 is 2.88 bits per heavy atom. The van der Waals surface area contributed by atoms with Crippen molar-refractivity contribution in [2.24, 2.45) is 0 Å². The number of amides is 1. The largest absolute Gasteiger partial charge is 0.328 e. The third-order valence-electron chi connectivity index (χ3n) is 4.17. The molecule has 120 valence electrons. The summed E-state index contributed by atoms with van der Waals surface area (Å²) in [4.78, 5) is 30.2. The van der Waals surface area contributed by atoms with Gasteiger partial charge in [-0.2, -0.15) is 0 Å². The third kappa shape index (κ3) is 2.88. The van der Waals surface area contributed by atoms with Gasteiger partial charge in [-0.25, -0.2) is 4.98 Å². The Hall–Kier alpha value is -2.73. The number of aryl methyl sites for hydroxylation is 2. The number of hydrogen-bond donors (Lipinski definition) is 2. The Morgan fingerprint density at radius 1 is 1.17 bits per heavy atom. The molecular formula is C18H15N3O2S. The molecule has 1 aliphatic rings. The first-order valence-corrected chi connectivity index (χ1v) is 8.65. The predicted molar refractivity (Wildman–Crippen MR) is 94.6 cm³/mol. The van der Waals surface area contributed by atoms with E-state index in [1.807, 2.05) is 5.38 Å². The van der Waals surface area contributed by atoms with Crippen LogP contribution in [0.2, 0.25) is 0 Å². The van der Waals surface area contributed by atoms with Gasteiger partial charge in [-0.3, -0.25) is 14.9 Å². The molecule has 0 radical (unpaired) electrons. The summed E-state index contributed by atoms with van der Waals surface area (Å²) in [5, 5.41) is 5.25. The molecular weight excluding hydrogens is 322 g/mol. The normalized spacial score (nSPS) is 12.8. The zero-order chi connectivity index (χ0) is 16.5. The van der Waals surface area contributed by atoms with E-state index in [-0.39, 0.29) is 11.5 Å². The predicted octanol–water partition coefficient (Wildman–Crippen LogP) is 3.24. The highest BCUT2D eigenvalue weighted by Gasteiger charge is 2.14. The van der Waals surface area contributed by atoms with Gasteiger partial charge in [0.1, 0.15) is 0 Å². The van der Waals surface area contributed by atoms with Crippen molar-refractivity contribution in [1.82, 2.24) is 9.97 Å². The van der Waals surface area contributed by atoms with E-state index in [4.69, 9.17) is 0 Å². The lowest BCUT2D eigenvalue weighted by Gasteiger charge is -2.03. The maximum absolute atomic E-state index is 12.2. The summed E-state index contributed by atoms with van der Waals surface area (Å²) in [5.41, 5.74) is 4.94. The SMILES string of the molecule is O=C(Nc1nc(-c2ccc3c(c2)CCC3)cs1)c1ccc(=O)[nH]c1. The minimum absolute atomic E-state index is 0.236. The summed E-state index contributed by atoms with van der Waals surface area (Å²) < 4.78 is 0. The van der Waals surface area contributed by atoms with Crippen LogP contribution in [0.15, 0.2) is 46.7 Å². The second-order valence-corrected chi connectivity index (χ2v) is 6.63. The minimum Gasteiger partial charge on any atom is -0.328 e. The number of H-pyrrole nitrogens is 1. The molecule has 6 heteroatoms. The van der Waals surface area contributed by atoms with Crippen LogP contribution < -0.4 is 10.9 Å². The molecule has 2 aromatic heterocycles. The van der Waals surface area contributed by atoms with E-state index in [0.29, 0.717) is 10.7 Å². The van der Waals surface area contributed by atoms with Crippen molar-refractivity contribution in [3.63, 3.8) is 0 Å². The topological polar surface area (TPSA) is 74.8 Å². The number of anilines is 1. The van der Waals surface area contributed by atoms with E-state index in [0.717, 1.165) is 24.1 Å². The molecule has 0 aliphatic heterocycles. The molecule has 3 aromatic rings. The van der Waals surface area contributed by atoms with Gasteiger partial charge in [-0.1, -0.05) is 12.1 Å². The quantitative estimate of drug-likeness (QED) is 0.770. The highest BCUT2D eigenvalue weighted by Crippen LogP contribution is 2.30. The van der Waals surface area contributed by atoms with Gasteiger partial charge >= 0.3 is 0 Å². The number of fused-ring (bicyclic) bond motifs is 1. The number of aromatic nitrogens is 2. The lowest BCUT2D eigenvalue weighted by molar-refractivity contribution is 0.102. The summed E-state index contributed by atoms with van der Waals surface area (Å²) in [5.74, 6) is -0.291. The maximum atomic E-state index is 12.2. The fourth-order valence-corrected chi connectivity index (χ4v) is 3.63. The Bertz CT molecular complexity index is 954. The van der Waals surface area contributed by atoms with E-state index in [2.05, 4.69) is 33.5 Å². The van der Waals surface area contributed by atoms with Crippen LogP contribution in [0.25, 0.3) is 11.3 Å². The maximum Gasteiger partial charge on any atom is 0.258 e. The molecule has 2 N–H and O–H groups in total. The van der Waals surface area contributed by atoms with Crippen LogP contribution in [0.3, 0.4) is 0 Å². The van der Waals surface area contributed by atoms with Crippen LogP contribution in [-0.4, -0.2) is 15.9 Å². The van der Waals surface area contributed by atoms with Crippen molar-refractivity contribution in [2.45, 2.75) is 19.3 Å². The summed E-state index contributed by atoms with van der Waals surface area (Å²) in [6.45, 7) is 0. The van der Waals surface area contributed by atoms with Gasteiger partial charge in [0.15, 0.2) is 5.13 Å². The molecule has 0 spiro atoms. The van der Waals surface area contributed by atoms with Gasteiger partial charge in [0, 0.05) is 23.2 Å². The number of nitrogens with zero attached hydrogens (tertiary/aromatic N) is 1. The summed E-state index contributed by atoms with van der Waals surface area (Å²) >= 11 is 1.39. The fraction of sp³-hybridized carbons (Fsp3) is 0.167. The van der Waals surface area contributed by atoms with E-state index in [1.54, 1.807) is 0 Å². The van der Waals surface area contributed by atoms with Crippen LogP contribution in [0, 0.1) is 0 Å². The number of thiazole rings is 1. The van der Waals surface area contributed by atoms with E-state index in [1.165, 1.54) is 47.2 Å². The molecule has 0 fully saturated rings. The fourth-order valence-electron chi connectivity index (χ4n) is 2.92. The molecule has 2 heterocycles. The summed E-state index contributed by atoms with van der Waals surface area (Å²) in [6, 6.07) is 9.28. The van der Waals surface area contributed by atoms with E-state index >= 15 is 0 Å². The number of benzene rings is 1.